The summed E-state index contributed by atoms with van der Waals surface area (Å²) in [6.07, 6.45) is 1.84. The summed E-state index contributed by atoms with van der Waals surface area (Å²) in [5.41, 5.74) is 0.798. The molecule has 114 valence electrons. The van der Waals surface area contributed by atoms with Gasteiger partial charge in [-0.1, -0.05) is 23.7 Å². The quantitative estimate of drug-likeness (QED) is 0.927. The van der Waals surface area contributed by atoms with Crippen LogP contribution in [0.5, 0.6) is 0 Å². The largest absolute Gasteiger partial charge is 0.317 e. The lowest BCUT2D eigenvalue weighted by atomic mass is 10.1. The van der Waals surface area contributed by atoms with Gasteiger partial charge in [-0.25, -0.2) is 0 Å². The van der Waals surface area contributed by atoms with Gasteiger partial charge in [0.15, 0.2) is 0 Å². The fourth-order valence-corrected chi connectivity index (χ4v) is 3.33. The van der Waals surface area contributed by atoms with Gasteiger partial charge in [-0.15, -0.1) is 0 Å². The van der Waals surface area contributed by atoms with Crippen molar-refractivity contribution < 1.29 is 4.79 Å². The van der Waals surface area contributed by atoms with E-state index in [0.29, 0.717) is 0 Å². The zero-order chi connectivity index (χ0) is 15.2. The molecule has 0 bridgehead atoms. The molecule has 1 aliphatic heterocycles. The van der Waals surface area contributed by atoms with E-state index < -0.39 is 0 Å². The summed E-state index contributed by atoms with van der Waals surface area (Å²) < 4.78 is 0. The third-order valence-electron chi connectivity index (χ3n) is 4.38. The van der Waals surface area contributed by atoms with E-state index in [0.717, 1.165) is 30.0 Å². The Labute approximate surface area is 131 Å². The lowest BCUT2D eigenvalue weighted by Crippen LogP contribution is -2.43. The van der Waals surface area contributed by atoms with E-state index >= 15 is 0 Å². The maximum atomic E-state index is 12.8. The van der Waals surface area contributed by atoms with Gasteiger partial charge in [0.2, 0.25) is 5.91 Å². The second-order valence-electron chi connectivity index (χ2n) is 6.50. The first kappa shape index (κ1) is 14.8. The third kappa shape index (κ3) is 2.68. The molecule has 2 aliphatic rings. The molecule has 1 aromatic rings. The number of halogens is 1. The Balaban J connectivity index is 1.89. The molecular weight excluding hydrogens is 286 g/mol. The molecule has 0 aromatic heterocycles. The lowest BCUT2D eigenvalue weighted by molar-refractivity contribution is -0.133. The molecule has 1 aliphatic carbocycles. The van der Waals surface area contributed by atoms with E-state index in [1.54, 1.807) is 0 Å². The van der Waals surface area contributed by atoms with Crippen LogP contribution in [0, 0.1) is 0 Å². The van der Waals surface area contributed by atoms with Gasteiger partial charge in [-0.2, -0.15) is 0 Å². The number of carbonyl (C=O) groups is 1. The van der Waals surface area contributed by atoms with Crippen molar-refractivity contribution in [2.24, 2.45) is 0 Å². The van der Waals surface area contributed by atoms with Crippen LogP contribution in [0.25, 0.3) is 0 Å². The molecule has 4 nitrogen and oxygen atoms in total. The lowest BCUT2D eigenvalue weighted by Gasteiger charge is -2.32. The van der Waals surface area contributed by atoms with Crippen LogP contribution in [0.3, 0.4) is 0 Å². The number of hydrogen-bond donors (Lipinski definition) is 1. The molecule has 5 heteroatoms. The van der Waals surface area contributed by atoms with Crippen molar-refractivity contribution in [2.75, 3.05) is 20.6 Å². The van der Waals surface area contributed by atoms with Crippen LogP contribution in [0.15, 0.2) is 24.3 Å². The first-order valence-corrected chi connectivity index (χ1v) is 7.81. The Hall–Kier alpha value is -1.10. The standard InChI is InChI=1S/C16H22ClN3O/c1-11(10-19(2)3)20-14(12-4-6-13(17)7-5-12)18-16(8-9-16)15(20)21/h4-7,11,14,18H,8-10H2,1-3H3. The Morgan fingerprint density at radius 2 is 2.00 bits per heavy atom. The van der Waals surface area contributed by atoms with Crippen LogP contribution in [-0.4, -0.2) is 47.9 Å². The van der Waals surface area contributed by atoms with Crippen LogP contribution in [0.4, 0.5) is 0 Å². The van der Waals surface area contributed by atoms with Crippen LogP contribution < -0.4 is 5.32 Å². The molecule has 1 saturated heterocycles. The molecule has 1 amide bonds. The Bertz CT molecular complexity index is 539. The Morgan fingerprint density at radius 1 is 1.38 bits per heavy atom. The average molecular weight is 308 g/mol. The van der Waals surface area contributed by atoms with Gasteiger partial charge >= 0.3 is 0 Å². The van der Waals surface area contributed by atoms with Crippen molar-refractivity contribution in [3.05, 3.63) is 34.9 Å². The van der Waals surface area contributed by atoms with E-state index in [2.05, 4.69) is 17.1 Å². The minimum absolute atomic E-state index is 0.0489. The van der Waals surface area contributed by atoms with Gasteiger partial charge in [0.1, 0.15) is 11.7 Å². The van der Waals surface area contributed by atoms with E-state index in [1.807, 2.05) is 43.3 Å². The van der Waals surface area contributed by atoms with Gasteiger partial charge in [0.05, 0.1) is 0 Å². The molecule has 3 rings (SSSR count). The minimum atomic E-state index is -0.301. The van der Waals surface area contributed by atoms with Gasteiger partial charge in [-0.05, 0) is 51.6 Å². The maximum Gasteiger partial charge on any atom is 0.244 e. The molecule has 21 heavy (non-hydrogen) atoms. The number of amides is 1. The molecule has 1 aromatic carbocycles. The van der Waals surface area contributed by atoms with Gasteiger partial charge in [0, 0.05) is 17.6 Å². The summed E-state index contributed by atoms with van der Waals surface area (Å²) in [5, 5.41) is 4.27. The van der Waals surface area contributed by atoms with Gasteiger partial charge in [0.25, 0.3) is 0 Å². The fourth-order valence-electron chi connectivity index (χ4n) is 3.20. The molecule has 1 heterocycles. The molecule has 0 radical (unpaired) electrons. The van der Waals surface area contributed by atoms with Crippen LogP contribution in [-0.2, 0) is 4.79 Å². The Kier molecular flexibility index (Phi) is 3.72. The van der Waals surface area contributed by atoms with E-state index in [9.17, 15) is 4.79 Å². The van der Waals surface area contributed by atoms with Crippen molar-refractivity contribution in [2.45, 2.75) is 37.5 Å². The number of nitrogens with zero attached hydrogens (tertiary/aromatic N) is 2. The van der Waals surface area contributed by atoms with Crippen molar-refractivity contribution in [1.29, 1.82) is 0 Å². The number of likely N-dealkylation sites (N-methyl/N-ethyl adjacent to an activating group) is 1. The monoisotopic (exact) mass is 307 g/mol. The molecule has 1 spiro atoms. The summed E-state index contributed by atoms with van der Waals surface area (Å²) in [4.78, 5) is 16.9. The SMILES string of the molecule is CC(CN(C)C)N1C(=O)C2(CC2)NC1c1ccc(Cl)cc1. The fraction of sp³-hybridized carbons (Fsp3) is 0.562. The zero-order valence-corrected chi connectivity index (χ0v) is 13.5. The zero-order valence-electron chi connectivity index (χ0n) is 12.8. The van der Waals surface area contributed by atoms with Crippen LogP contribution in [0.1, 0.15) is 31.5 Å². The molecule has 1 saturated carbocycles. The number of rotatable bonds is 4. The Morgan fingerprint density at radius 3 is 2.52 bits per heavy atom. The first-order valence-electron chi connectivity index (χ1n) is 7.44. The smallest absolute Gasteiger partial charge is 0.244 e. The highest BCUT2D eigenvalue weighted by Crippen LogP contribution is 2.46. The predicted octanol–water partition coefficient (Wildman–Crippen LogP) is 2.25. The molecule has 1 N–H and O–H groups in total. The highest BCUT2D eigenvalue weighted by atomic mass is 35.5. The van der Waals surface area contributed by atoms with E-state index in [-0.39, 0.29) is 23.7 Å². The minimum Gasteiger partial charge on any atom is -0.317 e. The molecule has 2 atom stereocenters. The number of nitrogens with one attached hydrogen (secondary N) is 1. The normalized spacial score (nSPS) is 24.9. The second kappa shape index (κ2) is 5.27. The van der Waals surface area contributed by atoms with Crippen molar-refractivity contribution >= 4 is 17.5 Å². The van der Waals surface area contributed by atoms with Gasteiger partial charge < -0.3 is 9.80 Å². The van der Waals surface area contributed by atoms with E-state index in [1.165, 1.54) is 0 Å². The number of carbonyl (C=O) groups excluding carboxylic acids is 1. The summed E-state index contributed by atoms with van der Waals surface area (Å²) in [6.45, 7) is 2.97. The first-order chi connectivity index (χ1) is 9.93. The van der Waals surface area contributed by atoms with Crippen molar-refractivity contribution in [3.63, 3.8) is 0 Å². The van der Waals surface area contributed by atoms with Crippen molar-refractivity contribution in [3.8, 4) is 0 Å². The average Bonchev–Trinajstić information content (AvgIpc) is 3.12. The molecule has 2 unspecified atom stereocenters. The maximum absolute atomic E-state index is 12.8. The highest BCUT2D eigenvalue weighted by molar-refractivity contribution is 6.30. The predicted molar refractivity (Wildman–Crippen MR) is 84.2 cm³/mol. The molecular formula is C16H22ClN3O. The van der Waals surface area contributed by atoms with Crippen molar-refractivity contribution in [1.82, 2.24) is 15.1 Å². The van der Waals surface area contributed by atoms with E-state index in [4.69, 9.17) is 11.6 Å². The molecule has 2 fully saturated rings. The topological polar surface area (TPSA) is 35.6 Å². The summed E-state index contributed by atoms with van der Waals surface area (Å²) in [5.74, 6) is 0.247. The summed E-state index contributed by atoms with van der Waals surface area (Å²) in [7, 11) is 4.07. The summed E-state index contributed by atoms with van der Waals surface area (Å²) >= 11 is 5.98. The highest BCUT2D eigenvalue weighted by Gasteiger charge is 2.60. The van der Waals surface area contributed by atoms with Crippen LogP contribution in [0.2, 0.25) is 5.02 Å². The summed E-state index contributed by atoms with van der Waals surface area (Å²) in [6, 6.07) is 7.94. The number of benzene rings is 1. The third-order valence-corrected chi connectivity index (χ3v) is 4.63. The van der Waals surface area contributed by atoms with Gasteiger partial charge in [-0.3, -0.25) is 10.1 Å². The van der Waals surface area contributed by atoms with Crippen LogP contribution >= 0.6 is 11.6 Å². The second-order valence-corrected chi connectivity index (χ2v) is 6.94. The number of hydrogen-bond acceptors (Lipinski definition) is 3.